The smallest absolute Gasteiger partial charge is 0.191 e. The van der Waals surface area contributed by atoms with Crippen molar-refractivity contribution in [2.45, 2.75) is 25.9 Å². The van der Waals surface area contributed by atoms with Crippen LogP contribution in [0, 0.1) is 6.92 Å². The van der Waals surface area contributed by atoms with E-state index in [0.29, 0.717) is 12.6 Å². The van der Waals surface area contributed by atoms with Gasteiger partial charge in [0.05, 0.1) is 5.52 Å². The van der Waals surface area contributed by atoms with Crippen LogP contribution >= 0.6 is 0 Å². The lowest BCUT2D eigenvalue weighted by Gasteiger charge is -2.20. The van der Waals surface area contributed by atoms with E-state index in [1.807, 2.05) is 19.3 Å². The number of anilines is 1. The minimum absolute atomic E-state index is 0.387. The van der Waals surface area contributed by atoms with Gasteiger partial charge in [0, 0.05) is 50.0 Å². The summed E-state index contributed by atoms with van der Waals surface area (Å²) in [7, 11) is 1.82. The van der Waals surface area contributed by atoms with Crippen molar-refractivity contribution < 1.29 is 0 Å². The average molecular weight is 374 g/mol. The molecule has 1 aliphatic heterocycles. The number of nitrogens with one attached hydrogen (secondary N) is 2. The first kappa shape index (κ1) is 18.3. The van der Waals surface area contributed by atoms with Gasteiger partial charge >= 0.3 is 0 Å². The molecule has 2 N–H and O–H groups in total. The van der Waals surface area contributed by atoms with E-state index in [1.165, 1.54) is 16.8 Å². The summed E-state index contributed by atoms with van der Waals surface area (Å²) in [5, 5.41) is 8.18. The Morgan fingerprint density at radius 1 is 1.14 bits per heavy atom. The second-order valence-electron chi connectivity index (χ2n) is 7.33. The zero-order chi connectivity index (χ0) is 19.3. The number of aromatic nitrogens is 1. The lowest BCUT2D eigenvalue weighted by molar-refractivity contribution is 0.649. The van der Waals surface area contributed by atoms with E-state index in [1.54, 1.807) is 0 Å². The summed E-state index contributed by atoms with van der Waals surface area (Å²) in [5.74, 6) is 0.837. The van der Waals surface area contributed by atoms with Gasteiger partial charge < -0.3 is 15.5 Å². The molecule has 1 unspecified atom stereocenters. The summed E-state index contributed by atoms with van der Waals surface area (Å²) < 4.78 is 0. The summed E-state index contributed by atoms with van der Waals surface area (Å²) in [6, 6.07) is 19.5. The third-order valence-electron chi connectivity index (χ3n) is 5.31. The quantitative estimate of drug-likeness (QED) is 0.543. The van der Waals surface area contributed by atoms with Gasteiger partial charge in [-0.1, -0.05) is 42.0 Å². The minimum Gasteiger partial charge on any atom is -0.369 e. The molecule has 1 atom stereocenters. The highest BCUT2D eigenvalue weighted by Crippen LogP contribution is 2.21. The van der Waals surface area contributed by atoms with E-state index < -0.39 is 0 Å². The number of rotatable bonds is 4. The number of hydrogen-bond donors (Lipinski definition) is 2. The maximum atomic E-state index is 4.53. The van der Waals surface area contributed by atoms with Gasteiger partial charge in [0.2, 0.25) is 0 Å². The van der Waals surface area contributed by atoms with Crippen molar-refractivity contribution >= 4 is 22.5 Å². The first-order valence-electron chi connectivity index (χ1n) is 9.84. The predicted octanol–water partition coefficient (Wildman–Crippen LogP) is 3.49. The Balaban J connectivity index is 1.36. The number of guanidine groups is 1. The van der Waals surface area contributed by atoms with Gasteiger partial charge in [-0.15, -0.1) is 0 Å². The first-order chi connectivity index (χ1) is 13.7. The van der Waals surface area contributed by atoms with E-state index in [9.17, 15) is 0 Å². The summed E-state index contributed by atoms with van der Waals surface area (Å²) in [4.78, 5) is 11.4. The van der Waals surface area contributed by atoms with Crippen LogP contribution in [-0.2, 0) is 6.54 Å². The van der Waals surface area contributed by atoms with Crippen molar-refractivity contribution in [1.82, 2.24) is 15.6 Å². The number of benzene rings is 2. The van der Waals surface area contributed by atoms with Crippen molar-refractivity contribution in [2.24, 2.45) is 4.99 Å². The maximum Gasteiger partial charge on any atom is 0.191 e. The van der Waals surface area contributed by atoms with Crippen LogP contribution in [0.1, 0.15) is 17.5 Å². The van der Waals surface area contributed by atoms with Crippen LogP contribution in [-0.4, -0.2) is 37.1 Å². The maximum absolute atomic E-state index is 4.53. The molecule has 5 heteroatoms. The predicted molar refractivity (Wildman–Crippen MR) is 117 cm³/mol. The van der Waals surface area contributed by atoms with Crippen molar-refractivity contribution in [3.8, 4) is 0 Å². The monoisotopic (exact) mass is 373 g/mol. The zero-order valence-electron chi connectivity index (χ0n) is 16.5. The van der Waals surface area contributed by atoms with Gasteiger partial charge in [0.25, 0.3) is 0 Å². The molecule has 4 rings (SSSR count). The van der Waals surface area contributed by atoms with Gasteiger partial charge in [-0.2, -0.15) is 0 Å². The van der Waals surface area contributed by atoms with Crippen LogP contribution in [0.15, 0.2) is 65.8 Å². The highest BCUT2D eigenvalue weighted by atomic mass is 15.2. The standard InChI is InChI=1S/C23H27N5/c1-17-8-10-21(11-9-17)28-14-12-20(16-28)27-23(24-2)26-15-19-6-3-5-18-7-4-13-25-22(18)19/h3-11,13,20H,12,14-16H2,1-2H3,(H2,24,26,27). The summed E-state index contributed by atoms with van der Waals surface area (Å²) in [6.45, 7) is 4.87. The van der Waals surface area contributed by atoms with Gasteiger partial charge in [0.15, 0.2) is 5.96 Å². The molecule has 5 nitrogen and oxygen atoms in total. The Bertz CT molecular complexity index is 959. The van der Waals surface area contributed by atoms with Gasteiger partial charge in [0.1, 0.15) is 0 Å². The number of aryl methyl sites for hydroxylation is 1. The first-order valence-corrected chi connectivity index (χ1v) is 9.84. The van der Waals surface area contributed by atoms with Gasteiger partial charge in [-0.05, 0) is 37.1 Å². The zero-order valence-corrected chi connectivity index (χ0v) is 16.5. The molecule has 2 aromatic carbocycles. The lowest BCUT2D eigenvalue weighted by atomic mass is 10.1. The molecule has 2 heterocycles. The molecule has 28 heavy (non-hydrogen) atoms. The fraction of sp³-hybridized carbons (Fsp3) is 0.304. The van der Waals surface area contributed by atoms with Crippen molar-refractivity contribution in [2.75, 3.05) is 25.0 Å². The van der Waals surface area contributed by atoms with E-state index >= 15 is 0 Å². The number of pyridine rings is 1. The van der Waals surface area contributed by atoms with Crippen LogP contribution in [0.2, 0.25) is 0 Å². The Morgan fingerprint density at radius 3 is 2.79 bits per heavy atom. The highest BCUT2D eigenvalue weighted by Gasteiger charge is 2.23. The van der Waals surface area contributed by atoms with Crippen LogP contribution in [0.25, 0.3) is 10.9 Å². The normalized spacial score (nSPS) is 17.1. The molecular weight excluding hydrogens is 346 g/mol. The molecule has 0 radical (unpaired) electrons. The van der Waals surface area contributed by atoms with E-state index in [2.05, 4.69) is 81.0 Å². The third kappa shape index (κ3) is 4.09. The largest absolute Gasteiger partial charge is 0.369 e. The Labute approximate surface area is 166 Å². The fourth-order valence-electron chi connectivity index (χ4n) is 3.75. The minimum atomic E-state index is 0.387. The number of hydrogen-bond acceptors (Lipinski definition) is 3. The summed E-state index contributed by atoms with van der Waals surface area (Å²) >= 11 is 0. The Hall–Kier alpha value is -3.08. The molecule has 0 spiro atoms. The molecule has 1 aliphatic rings. The van der Waals surface area contributed by atoms with Crippen molar-refractivity contribution in [3.63, 3.8) is 0 Å². The fourth-order valence-corrected chi connectivity index (χ4v) is 3.75. The number of fused-ring (bicyclic) bond motifs is 1. The molecular formula is C23H27N5. The summed E-state index contributed by atoms with van der Waals surface area (Å²) in [5.41, 5.74) is 4.80. The van der Waals surface area contributed by atoms with Crippen LogP contribution < -0.4 is 15.5 Å². The van der Waals surface area contributed by atoms with Crippen molar-refractivity contribution in [3.05, 3.63) is 71.9 Å². The molecule has 0 amide bonds. The molecule has 144 valence electrons. The Kier molecular flexibility index (Phi) is 5.42. The SMILES string of the molecule is CN=C(NCc1cccc2cccnc12)NC1CCN(c2ccc(C)cc2)C1. The molecule has 1 saturated heterocycles. The highest BCUT2D eigenvalue weighted by molar-refractivity contribution is 5.83. The molecule has 1 fully saturated rings. The topological polar surface area (TPSA) is 52.6 Å². The number of nitrogens with zero attached hydrogens (tertiary/aromatic N) is 3. The molecule has 1 aromatic heterocycles. The van der Waals surface area contributed by atoms with Gasteiger partial charge in [-0.25, -0.2) is 0 Å². The van der Waals surface area contributed by atoms with Crippen LogP contribution in [0.4, 0.5) is 5.69 Å². The van der Waals surface area contributed by atoms with Crippen LogP contribution in [0.5, 0.6) is 0 Å². The summed E-state index contributed by atoms with van der Waals surface area (Å²) in [6.07, 6.45) is 2.95. The number of para-hydroxylation sites is 1. The third-order valence-corrected chi connectivity index (χ3v) is 5.31. The second kappa shape index (κ2) is 8.30. The molecule has 0 saturated carbocycles. The van der Waals surface area contributed by atoms with E-state index in [0.717, 1.165) is 36.4 Å². The Morgan fingerprint density at radius 2 is 1.96 bits per heavy atom. The second-order valence-corrected chi connectivity index (χ2v) is 7.33. The van der Waals surface area contributed by atoms with E-state index in [-0.39, 0.29) is 0 Å². The van der Waals surface area contributed by atoms with E-state index in [4.69, 9.17) is 0 Å². The number of aliphatic imine (C=N–C) groups is 1. The van der Waals surface area contributed by atoms with Crippen LogP contribution in [0.3, 0.4) is 0 Å². The lowest BCUT2D eigenvalue weighted by Crippen LogP contribution is -2.44. The molecule has 0 aliphatic carbocycles. The average Bonchev–Trinajstić information content (AvgIpc) is 3.20. The molecule has 0 bridgehead atoms. The van der Waals surface area contributed by atoms with Gasteiger partial charge in [-0.3, -0.25) is 9.98 Å². The molecule has 3 aromatic rings. The van der Waals surface area contributed by atoms with Crippen molar-refractivity contribution in [1.29, 1.82) is 0 Å².